The number of benzene rings is 2. The Labute approximate surface area is 117 Å². The summed E-state index contributed by atoms with van der Waals surface area (Å²) in [7, 11) is 0. The van der Waals surface area contributed by atoms with Crippen molar-refractivity contribution in [2.45, 2.75) is 6.54 Å². The summed E-state index contributed by atoms with van der Waals surface area (Å²) in [6.45, 7) is 0.563. The molecule has 0 bridgehead atoms. The molecule has 1 nitrogen and oxygen atoms in total. The first kappa shape index (κ1) is 12.4. The van der Waals surface area contributed by atoms with Crippen molar-refractivity contribution >= 4 is 26.8 Å². The highest BCUT2D eigenvalue weighted by Gasteiger charge is 2.06. The van der Waals surface area contributed by atoms with Crippen molar-refractivity contribution in [3.63, 3.8) is 0 Å². The summed E-state index contributed by atoms with van der Waals surface area (Å²) in [5.74, 6) is -0.537. The second kappa shape index (κ2) is 4.78. The van der Waals surface area contributed by atoms with E-state index in [-0.39, 0.29) is 11.6 Å². The molecule has 1 heterocycles. The van der Waals surface area contributed by atoms with E-state index in [1.807, 2.05) is 16.8 Å². The number of aromatic nitrogens is 1. The number of halogens is 3. The lowest BCUT2D eigenvalue weighted by molar-refractivity contribution is 0.625. The van der Waals surface area contributed by atoms with Gasteiger partial charge in [0.15, 0.2) is 0 Å². The van der Waals surface area contributed by atoms with E-state index in [0.29, 0.717) is 11.0 Å². The molecule has 0 N–H and O–H groups in total. The van der Waals surface area contributed by atoms with Gasteiger partial charge in [-0.05, 0) is 47.3 Å². The molecule has 2 aromatic carbocycles. The van der Waals surface area contributed by atoms with Crippen molar-refractivity contribution in [1.29, 1.82) is 0 Å². The van der Waals surface area contributed by atoms with Crippen LogP contribution in [0.2, 0.25) is 0 Å². The van der Waals surface area contributed by atoms with Crippen molar-refractivity contribution in [2.24, 2.45) is 0 Å². The second-order valence-electron chi connectivity index (χ2n) is 4.38. The molecule has 3 aromatic rings. The molecule has 0 radical (unpaired) electrons. The Morgan fingerprint density at radius 1 is 0.947 bits per heavy atom. The number of fused-ring (bicyclic) bond motifs is 1. The van der Waals surface area contributed by atoms with Gasteiger partial charge in [-0.15, -0.1) is 0 Å². The van der Waals surface area contributed by atoms with Gasteiger partial charge >= 0.3 is 0 Å². The maximum absolute atomic E-state index is 13.3. The van der Waals surface area contributed by atoms with Gasteiger partial charge in [0.2, 0.25) is 0 Å². The minimum absolute atomic E-state index is 0.259. The minimum Gasteiger partial charge on any atom is -0.343 e. The Hall–Kier alpha value is -1.68. The molecule has 3 rings (SSSR count). The fraction of sp³-hybridized carbons (Fsp3) is 0.0667. The summed E-state index contributed by atoms with van der Waals surface area (Å²) >= 11 is 3.34. The largest absolute Gasteiger partial charge is 0.343 e. The summed E-state index contributed by atoms with van der Waals surface area (Å²) in [5, 5.41) is 0.986. The quantitative estimate of drug-likeness (QED) is 0.643. The first-order valence-electron chi connectivity index (χ1n) is 5.82. The summed E-state index contributed by atoms with van der Waals surface area (Å²) in [4.78, 5) is 0. The van der Waals surface area contributed by atoms with E-state index < -0.39 is 0 Å². The Balaban J connectivity index is 2.03. The lowest BCUT2D eigenvalue weighted by Gasteiger charge is -2.08. The summed E-state index contributed by atoms with van der Waals surface area (Å²) < 4.78 is 29.0. The molecule has 0 spiro atoms. The topological polar surface area (TPSA) is 4.93 Å². The lowest BCUT2D eigenvalue weighted by Crippen LogP contribution is -1.99. The van der Waals surface area contributed by atoms with Gasteiger partial charge in [0.05, 0.1) is 5.52 Å². The standard InChI is InChI=1S/C15H10BrF2N/c16-14-7-12(17)4-2-11(14)9-19-6-5-10-1-3-13(18)8-15(10)19/h1-8H,9H2. The molecule has 0 aliphatic heterocycles. The highest BCUT2D eigenvalue weighted by molar-refractivity contribution is 9.10. The average molecular weight is 322 g/mol. The normalized spacial score (nSPS) is 11.1. The fourth-order valence-corrected chi connectivity index (χ4v) is 2.60. The molecule has 0 unspecified atom stereocenters. The van der Waals surface area contributed by atoms with Gasteiger partial charge in [-0.3, -0.25) is 0 Å². The third-order valence-corrected chi connectivity index (χ3v) is 3.83. The number of hydrogen-bond acceptors (Lipinski definition) is 0. The van der Waals surface area contributed by atoms with Gasteiger partial charge in [0.25, 0.3) is 0 Å². The van der Waals surface area contributed by atoms with Crippen LogP contribution in [-0.4, -0.2) is 4.57 Å². The van der Waals surface area contributed by atoms with Crippen LogP contribution in [0.4, 0.5) is 8.78 Å². The number of rotatable bonds is 2. The van der Waals surface area contributed by atoms with E-state index in [9.17, 15) is 8.78 Å². The van der Waals surface area contributed by atoms with E-state index in [0.717, 1.165) is 16.5 Å². The zero-order valence-electron chi connectivity index (χ0n) is 9.91. The molecule has 0 saturated heterocycles. The third-order valence-electron chi connectivity index (χ3n) is 3.09. The molecule has 19 heavy (non-hydrogen) atoms. The van der Waals surface area contributed by atoms with Crippen molar-refractivity contribution in [1.82, 2.24) is 4.57 Å². The van der Waals surface area contributed by atoms with Gasteiger partial charge in [0.1, 0.15) is 11.6 Å². The maximum atomic E-state index is 13.3. The molecule has 96 valence electrons. The van der Waals surface area contributed by atoms with Crippen LogP contribution in [0.25, 0.3) is 10.9 Å². The SMILES string of the molecule is Fc1ccc(Cn2ccc3ccc(F)cc32)c(Br)c1. The second-order valence-corrected chi connectivity index (χ2v) is 5.24. The smallest absolute Gasteiger partial charge is 0.125 e. The summed E-state index contributed by atoms with van der Waals surface area (Å²) in [5.41, 5.74) is 1.78. The van der Waals surface area contributed by atoms with E-state index in [2.05, 4.69) is 15.9 Å². The van der Waals surface area contributed by atoms with Gasteiger partial charge in [-0.25, -0.2) is 8.78 Å². The molecular weight excluding hydrogens is 312 g/mol. The monoisotopic (exact) mass is 321 g/mol. The Morgan fingerprint density at radius 3 is 2.47 bits per heavy atom. The van der Waals surface area contributed by atoms with Crippen LogP contribution in [0.1, 0.15) is 5.56 Å². The van der Waals surface area contributed by atoms with Gasteiger partial charge in [-0.1, -0.05) is 22.0 Å². The van der Waals surface area contributed by atoms with E-state index in [1.54, 1.807) is 12.1 Å². The average Bonchev–Trinajstić information content (AvgIpc) is 2.75. The van der Waals surface area contributed by atoms with Crippen molar-refractivity contribution in [3.8, 4) is 0 Å². The zero-order chi connectivity index (χ0) is 13.4. The Bertz CT molecular complexity index is 749. The molecule has 0 amide bonds. The van der Waals surface area contributed by atoms with Crippen LogP contribution in [0.15, 0.2) is 53.1 Å². The van der Waals surface area contributed by atoms with Crippen molar-refractivity contribution in [2.75, 3.05) is 0 Å². The first-order chi connectivity index (χ1) is 9.13. The van der Waals surface area contributed by atoms with Crippen LogP contribution in [0.5, 0.6) is 0 Å². The molecule has 0 aliphatic rings. The van der Waals surface area contributed by atoms with Gasteiger partial charge in [0, 0.05) is 17.2 Å². The zero-order valence-corrected chi connectivity index (χ0v) is 11.5. The summed E-state index contributed by atoms with van der Waals surface area (Å²) in [6.07, 6.45) is 1.90. The summed E-state index contributed by atoms with van der Waals surface area (Å²) in [6, 6.07) is 11.2. The van der Waals surface area contributed by atoms with E-state index >= 15 is 0 Å². The van der Waals surface area contributed by atoms with Crippen LogP contribution in [0, 0.1) is 11.6 Å². The fourth-order valence-electron chi connectivity index (χ4n) is 2.13. The predicted molar refractivity (Wildman–Crippen MR) is 75.1 cm³/mol. The molecular formula is C15H10BrF2N. The van der Waals surface area contributed by atoms with E-state index in [1.165, 1.54) is 24.3 Å². The van der Waals surface area contributed by atoms with Crippen molar-refractivity contribution < 1.29 is 8.78 Å². The number of hydrogen-bond donors (Lipinski definition) is 0. The van der Waals surface area contributed by atoms with Crippen LogP contribution in [0.3, 0.4) is 0 Å². The Kier molecular flexibility index (Phi) is 3.11. The van der Waals surface area contributed by atoms with Gasteiger partial charge < -0.3 is 4.57 Å². The maximum Gasteiger partial charge on any atom is 0.125 e. The molecule has 4 heteroatoms. The molecule has 0 saturated carbocycles. The van der Waals surface area contributed by atoms with E-state index in [4.69, 9.17) is 0 Å². The first-order valence-corrected chi connectivity index (χ1v) is 6.61. The molecule has 0 aliphatic carbocycles. The Morgan fingerprint density at radius 2 is 1.68 bits per heavy atom. The third kappa shape index (κ3) is 2.40. The van der Waals surface area contributed by atoms with Crippen molar-refractivity contribution in [3.05, 3.63) is 70.3 Å². The number of nitrogens with zero attached hydrogens (tertiary/aromatic N) is 1. The van der Waals surface area contributed by atoms with Crippen LogP contribution in [-0.2, 0) is 6.54 Å². The highest BCUT2D eigenvalue weighted by Crippen LogP contribution is 2.22. The van der Waals surface area contributed by atoms with Crippen LogP contribution < -0.4 is 0 Å². The predicted octanol–water partition coefficient (Wildman–Crippen LogP) is 4.73. The van der Waals surface area contributed by atoms with Gasteiger partial charge in [-0.2, -0.15) is 0 Å². The lowest BCUT2D eigenvalue weighted by atomic mass is 10.2. The van der Waals surface area contributed by atoms with Crippen LogP contribution >= 0.6 is 15.9 Å². The highest BCUT2D eigenvalue weighted by atomic mass is 79.9. The molecule has 0 fully saturated rings. The molecule has 0 atom stereocenters. The molecule has 1 aromatic heterocycles. The minimum atomic E-state index is -0.279.